The zero-order valence-electron chi connectivity index (χ0n) is 15.8. The number of benzene rings is 1. The lowest BCUT2D eigenvalue weighted by Gasteiger charge is -2.38. The van der Waals surface area contributed by atoms with Gasteiger partial charge in [-0.15, -0.1) is 0 Å². The van der Waals surface area contributed by atoms with Crippen LogP contribution in [0.15, 0.2) is 18.2 Å². The molecule has 1 fully saturated rings. The number of hydrogen-bond donors (Lipinski definition) is 1. The number of piperazine rings is 1. The van der Waals surface area contributed by atoms with E-state index >= 15 is 0 Å². The summed E-state index contributed by atoms with van der Waals surface area (Å²) in [6, 6.07) is 4.80. The second kappa shape index (κ2) is 7.54. The molecule has 1 N–H and O–H groups in total. The number of nitrogens with zero attached hydrogens (tertiary/aromatic N) is 2. The van der Waals surface area contributed by atoms with Crippen molar-refractivity contribution in [2.24, 2.45) is 5.92 Å². The minimum absolute atomic E-state index is 0.0160. The molecular formula is C20H26F2N2O3. The van der Waals surface area contributed by atoms with Gasteiger partial charge in [-0.3, -0.25) is 9.59 Å². The second-order valence-corrected chi connectivity index (χ2v) is 7.70. The molecule has 2 aliphatic rings. The van der Waals surface area contributed by atoms with Gasteiger partial charge in [-0.25, -0.2) is 8.78 Å². The molecule has 5 nitrogen and oxygen atoms in total. The lowest BCUT2D eigenvalue weighted by atomic mass is 9.76. The molecule has 0 radical (unpaired) electrons. The van der Waals surface area contributed by atoms with Gasteiger partial charge in [-0.05, 0) is 36.0 Å². The molecule has 1 aromatic rings. The van der Waals surface area contributed by atoms with Crippen LogP contribution in [0.5, 0.6) is 0 Å². The Bertz CT molecular complexity index is 724. The lowest BCUT2D eigenvalue weighted by molar-refractivity contribution is -0.143. The average Bonchev–Trinajstić information content (AvgIpc) is 2.65. The minimum atomic E-state index is -2.90. The monoisotopic (exact) mass is 380 g/mol. The Morgan fingerprint density at radius 2 is 1.81 bits per heavy atom. The van der Waals surface area contributed by atoms with E-state index < -0.39 is 12.5 Å². The normalized spacial score (nSPS) is 23.1. The molecule has 1 heterocycles. The van der Waals surface area contributed by atoms with E-state index in [1.165, 1.54) is 6.07 Å². The fourth-order valence-electron chi connectivity index (χ4n) is 4.16. The SMILES string of the molecule is CC1CC(C(=O)N2CCN(C(=O)CO)CC2)Cc2cc(C(C)(F)F)ccc21. The summed E-state index contributed by atoms with van der Waals surface area (Å²) >= 11 is 0. The summed E-state index contributed by atoms with van der Waals surface area (Å²) in [5.74, 6) is -3.29. The highest BCUT2D eigenvalue weighted by Gasteiger charge is 2.35. The van der Waals surface area contributed by atoms with Crippen LogP contribution in [0.3, 0.4) is 0 Å². The maximum Gasteiger partial charge on any atom is 0.270 e. The van der Waals surface area contributed by atoms with E-state index in [4.69, 9.17) is 5.11 Å². The molecule has 7 heteroatoms. The Labute approximate surface area is 157 Å². The van der Waals surface area contributed by atoms with Crippen LogP contribution in [-0.2, 0) is 21.9 Å². The largest absolute Gasteiger partial charge is 0.387 e. The fraction of sp³-hybridized carbons (Fsp3) is 0.600. The number of fused-ring (bicyclic) bond motifs is 1. The smallest absolute Gasteiger partial charge is 0.270 e. The molecule has 148 valence electrons. The highest BCUT2D eigenvalue weighted by atomic mass is 19.3. The summed E-state index contributed by atoms with van der Waals surface area (Å²) in [5, 5.41) is 8.94. The van der Waals surface area contributed by atoms with Crippen LogP contribution in [-0.4, -0.2) is 59.5 Å². The summed E-state index contributed by atoms with van der Waals surface area (Å²) in [4.78, 5) is 27.8. The molecule has 0 bridgehead atoms. The molecule has 3 rings (SSSR count). The highest BCUT2D eigenvalue weighted by molar-refractivity contribution is 5.81. The van der Waals surface area contributed by atoms with Crippen LogP contribution in [0.1, 0.15) is 42.9 Å². The second-order valence-electron chi connectivity index (χ2n) is 7.70. The van der Waals surface area contributed by atoms with Crippen molar-refractivity contribution in [2.45, 2.75) is 38.5 Å². The maximum absolute atomic E-state index is 13.7. The third-order valence-corrected chi connectivity index (χ3v) is 5.71. The molecule has 2 atom stereocenters. The highest BCUT2D eigenvalue weighted by Crippen LogP contribution is 2.38. The summed E-state index contributed by atoms with van der Waals surface area (Å²) in [7, 11) is 0. The summed E-state index contributed by atoms with van der Waals surface area (Å²) in [6.45, 7) is 4.10. The van der Waals surface area contributed by atoms with E-state index in [1.807, 2.05) is 6.92 Å². The number of carbonyl (C=O) groups excluding carboxylic acids is 2. The molecule has 2 unspecified atom stereocenters. The molecule has 1 aromatic carbocycles. The van der Waals surface area contributed by atoms with Crippen molar-refractivity contribution in [1.29, 1.82) is 0 Å². The van der Waals surface area contributed by atoms with Gasteiger partial charge in [-0.1, -0.05) is 19.1 Å². The first-order chi connectivity index (χ1) is 12.7. The van der Waals surface area contributed by atoms with Crippen molar-refractivity contribution in [3.05, 3.63) is 34.9 Å². The average molecular weight is 380 g/mol. The van der Waals surface area contributed by atoms with Crippen molar-refractivity contribution >= 4 is 11.8 Å². The van der Waals surface area contributed by atoms with Crippen molar-refractivity contribution in [3.63, 3.8) is 0 Å². The number of alkyl halides is 2. The van der Waals surface area contributed by atoms with Crippen molar-refractivity contribution in [1.82, 2.24) is 9.80 Å². The number of halogens is 2. The first kappa shape index (κ1) is 19.7. The van der Waals surface area contributed by atoms with Gasteiger partial charge in [0, 0.05) is 44.6 Å². The Morgan fingerprint density at radius 3 is 2.41 bits per heavy atom. The van der Waals surface area contributed by atoms with Crippen LogP contribution in [0, 0.1) is 5.92 Å². The molecule has 27 heavy (non-hydrogen) atoms. The van der Waals surface area contributed by atoms with Crippen molar-refractivity contribution in [2.75, 3.05) is 32.8 Å². The Balaban J connectivity index is 1.70. The Kier molecular flexibility index (Phi) is 5.51. The van der Waals surface area contributed by atoms with Crippen molar-refractivity contribution < 1.29 is 23.5 Å². The predicted molar refractivity (Wildman–Crippen MR) is 96.5 cm³/mol. The third-order valence-electron chi connectivity index (χ3n) is 5.71. The molecule has 2 amide bonds. The van der Waals surface area contributed by atoms with Gasteiger partial charge in [0.2, 0.25) is 11.8 Å². The summed E-state index contributed by atoms with van der Waals surface area (Å²) < 4.78 is 27.3. The molecule has 0 saturated carbocycles. The van der Waals surface area contributed by atoms with Gasteiger partial charge >= 0.3 is 0 Å². The van der Waals surface area contributed by atoms with Crippen LogP contribution in [0.25, 0.3) is 0 Å². The molecule has 1 aliphatic carbocycles. The Hall–Kier alpha value is -2.02. The van der Waals surface area contributed by atoms with Gasteiger partial charge in [0.15, 0.2) is 0 Å². The number of rotatable bonds is 3. The third kappa shape index (κ3) is 4.13. The van der Waals surface area contributed by atoms with E-state index in [9.17, 15) is 18.4 Å². The van der Waals surface area contributed by atoms with E-state index in [1.54, 1.807) is 21.9 Å². The van der Waals surface area contributed by atoms with Crippen LogP contribution in [0.2, 0.25) is 0 Å². The number of carbonyl (C=O) groups is 2. The fourth-order valence-corrected chi connectivity index (χ4v) is 4.16. The topological polar surface area (TPSA) is 60.9 Å². The van der Waals surface area contributed by atoms with Gasteiger partial charge in [0.05, 0.1) is 0 Å². The van der Waals surface area contributed by atoms with E-state index in [0.29, 0.717) is 39.0 Å². The predicted octanol–water partition coefficient (Wildman–Crippen LogP) is 2.13. The van der Waals surface area contributed by atoms with E-state index in [2.05, 4.69) is 0 Å². The van der Waals surface area contributed by atoms with Gasteiger partial charge < -0.3 is 14.9 Å². The van der Waals surface area contributed by atoms with Crippen LogP contribution >= 0.6 is 0 Å². The van der Waals surface area contributed by atoms with Crippen LogP contribution < -0.4 is 0 Å². The molecule has 1 saturated heterocycles. The number of aliphatic hydroxyl groups is 1. The van der Waals surface area contributed by atoms with Gasteiger partial charge in [-0.2, -0.15) is 0 Å². The first-order valence-electron chi connectivity index (χ1n) is 9.39. The zero-order chi connectivity index (χ0) is 19.8. The van der Waals surface area contributed by atoms with E-state index in [-0.39, 0.29) is 29.2 Å². The molecule has 0 spiro atoms. The quantitative estimate of drug-likeness (QED) is 0.874. The Morgan fingerprint density at radius 1 is 1.19 bits per heavy atom. The summed E-state index contributed by atoms with van der Waals surface area (Å²) in [5.41, 5.74) is 1.86. The molecule has 1 aliphatic heterocycles. The first-order valence-corrected chi connectivity index (χ1v) is 9.39. The summed E-state index contributed by atoms with van der Waals surface area (Å²) in [6.07, 6.45) is 1.17. The van der Waals surface area contributed by atoms with Crippen LogP contribution in [0.4, 0.5) is 8.78 Å². The molecular weight excluding hydrogens is 354 g/mol. The number of aliphatic hydroxyl groups excluding tert-OH is 1. The van der Waals surface area contributed by atoms with Crippen molar-refractivity contribution in [3.8, 4) is 0 Å². The maximum atomic E-state index is 13.7. The van der Waals surface area contributed by atoms with E-state index in [0.717, 1.165) is 18.1 Å². The lowest BCUT2D eigenvalue weighted by Crippen LogP contribution is -2.53. The number of amides is 2. The number of hydrogen-bond acceptors (Lipinski definition) is 3. The zero-order valence-corrected chi connectivity index (χ0v) is 15.8. The molecule has 0 aromatic heterocycles. The standard InChI is InChI=1S/C20H26F2N2O3/c1-13-9-15(10-14-11-16(20(2,21)22)3-4-17(13)14)19(27)24-7-5-23(6-8-24)18(26)12-25/h3-4,11,13,15,25H,5-10,12H2,1-2H3. The van der Waals surface area contributed by atoms with Gasteiger partial charge in [0.25, 0.3) is 5.92 Å². The minimum Gasteiger partial charge on any atom is -0.387 e. The van der Waals surface area contributed by atoms with Gasteiger partial charge in [0.1, 0.15) is 6.61 Å².